The molecule has 1 heterocycles. The van der Waals surface area contributed by atoms with Crippen LogP contribution in [0.1, 0.15) is 24.8 Å². The van der Waals surface area contributed by atoms with Gasteiger partial charge in [0.25, 0.3) is 0 Å². The summed E-state index contributed by atoms with van der Waals surface area (Å²) in [6.07, 6.45) is 3.56. The van der Waals surface area contributed by atoms with Crippen molar-refractivity contribution in [2.45, 2.75) is 31.7 Å². The Morgan fingerprint density at radius 2 is 2.04 bits per heavy atom. The Labute approximate surface area is 151 Å². The van der Waals surface area contributed by atoms with Crippen LogP contribution in [0.4, 0.5) is 0 Å². The van der Waals surface area contributed by atoms with Gasteiger partial charge in [-0.3, -0.25) is 4.99 Å². The third-order valence-corrected chi connectivity index (χ3v) is 5.95. The van der Waals surface area contributed by atoms with E-state index < -0.39 is 9.84 Å². The monoisotopic (exact) mass is 367 g/mol. The normalized spacial score (nSPS) is 19.7. The summed E-state index contributed by atoms with van der Waals surface area (Å²) in [6, 6.07) is 10.3. The number of benzene rings is 1. The zero-order chi connectivity index (χ0) is 18.0. The van der Waals surface area contributed by atoms with Crippen molar-refractivity contribution in [3.63, 3.8) is 0 Å². The molecule has 1 fully saturated rings. The second kappa shape index (κ2) is 10.4. The first-order valence-corrected chi connectivity index (χ1v) is 10.7. The van der Waals surface area contributed by atoms with E-state index >= 15 is 0 Å². The summed E-state index contributed by atoms with van der Waals surface area (Å²) in [6.45, 7) is 2.29. The lowest BCUT2D eigenvalue weighted by atomic mass is 10.2. The molecule has 1 saturated heterocycles. The summed E-state index contributed by atoms with van der Waals surface area (Å²) in [4.78, 5) is 4.15. The molecule has 1 unspecified atom stereocenters. The zero-order valence-electron chi connectivity index (χ0n) is 14.9. The molecule has 0 amide bonds. The molecule has 6 nitrogen and oxygen atoms in total. The Balaban J connectivity index is 1.49. The predicted octanol–water partition coefficient (Wildman–Crippen LogP) is 1.38. The summed E-state index contributed by atoms with van der Waals surface area (Å²) in [7, 11) is -1.17. The molecule has 0 aliphatic carbocycles. The smallest absolute Gasteiger partial charge is 0.191 e. The zero-order valence-corrected chi connectivity index (χ0v) is 15.7. The minimum atomic E-state index is -2.87. The summed E-state index contributed by atoms with van der Waals surface area (Å²) in [5, 5.41) is 6.41. The van der Waals surface area contributed by atoms with Gasteiger partial charge in [-0.1, -0.05) is 30.3 Å². The van der Waals surface area contributed by atoms with Gasteiger partial charge in [0, 0.05) is 26.2 Å². The highest BCUT2D eigenvalue weighted by Gasteiger charge is 2.28. The maximum atomic E-state index is 11.5. The van der Waals surface area contributed by atoms with E-state index in [9.17, 15) is 8.42 Å². The predicted molar refractivity (Wildman–Crippen MR) is 102 cm³/mol. The molecule has 7 heteroatoms. The van der Waals surface area contributed by atoms with Gasteiger partial charge in [0.1, 0.15) is 0 Å². The van der Waals surface area contributed by atoms with E-state index in [2.05, 4.69) is 27.8 Å². The van der Waals surface area contributed by atoms with Gasteiger partial charge in [-0.2, -0.15) is 0 Å². The molecule has 0 saturated carbocycles. The lowest BCUT2D eigenvalue weighted by Crippen LogP contribution is -2.44. The first-order chi connectivity index (χ1) is 12.1. The lowest BCUT2D eigenvalue weighted by molar-refractivity contribution is 0.133. The average molecular weight is 368 g/mol. The van der Waals surface area contributed by atoms with E-state index in [1.807, 2.05) is 18.2 Å². The van der Waals surface area contributed by atoms with Crippen molar-refractivity contribution < 1.29 is 13.2 Å². The number of aliphatic imine (C=N–C) groups is 1. The van der Waals surface area contributed by atoms with Crippen molar-refractivity contribution >= 4 is 15.8 Å². The molecule has 1 atom stereocenters. The van der Waals surface area contributed by atoms with Gasteiger partial charge in [-0.05, 0) is 31.2 Å². The van der Waals surface area contributed by atoms with E-state index in [1.54, 1.807) is 7.05 Å². The van der Waals surface area contributed by atoms with E-state index in [-0.39, 0.29) is 17.5 Å². The number of unbranched alkanes of at least 4 members (excludes halogenated alkanes) is 1. The third kappa shape index (κ3) is 7.88. The fourth-order valence-corrected chi connectivity index (χ4v) is 4.44. The molecule has 25 heavy (non-hydrogen) atoms. The van der Waals surface area contributed by atoms with E-state index in [1.165, 1.54) is 5.56 Å². The molecular weight excluding hydrogens is 338 g/mol. The van der Waals surface area contributed by atoms with Crippen molar-refractivity contribution in [3.8, 4) is 0 Å². The number of sulfone groups is 1. The molecule has 2 N–H and O–H groups in total. The SMILES string of the molecule is CN=C(NCCCCOCCc1ccccc1)NC1CCS(=O)(=O)C1. The maximum Gasteiger partial charge on any atom is 0.191 e. The molecule has 1 aliphatic heterocycles. The van der Waals surface area contributed by atoms with Gasteiger partial charge < -0.3 is 15.4 Å². The largest absolute Gasteiger partial charge is 0.381 e. The highest BCUT2D eigenvalue weighted by molar-refractivity contribution is 7.91. The van der Waals surface area contributed by atoms with Gasteiger partial charge in [0.15, 0.2) is 15.8 Å². The number of hydrogen-bond donors (Lipinski definition) is 2. The first kappa shape index (κ1) is 19.7. The van der Waals surface area contributed by atoms with Crippen molar-refractivity contribution in [2.75, 3.05) is 38.3 Å². The minimum absolute atomic E-state index is 0.0301. The summed E-state index contributed by atoms with van der Waals surface area (Å²) in [5.74, 6) is 1.14. The van der Waals surface area contributed by atoms with Crippen molar-refractivity contribution in [1.29, 1.82) is 0 Å². The minimum Gasteiger partial charge on any atom is -0.381 e. The highest BCUT2D eigenvalue weighted by atomic mass is 32.2. The third-order valence-electron chi connectivity index (χ3n) is 4.18. The fourth-order valence-electron chi connectivity index (χ4n) is 2.77. The van der Waals surface area contributed by atoms with Crippen LogP contribution >= 0.6 is 0 Å². The maximum absolute atomic E-state index is 11.5. The van der Waals surface area contributed by atoms with Gasteiger partial charge >= 0.3 is 0 Å². The molecule has 1 aliphatic rings. The molecule has 0 aromatic heterocycles. The van der Waals surface area contributed by atoms with Gasteiger partial charge in [-0.15, -0.1) is 0 Å². The molecule has 0 radical (unpaired) electrons. The second-order valence-electron chi connectivity index (χ2n) is 6.30. The Bertz CT molecular complexity index is 632. The van der Waals surface area contributed by atoms with Crippen molar-refractivity contribution in [1.82, 2.24) is 10.6 Å². The van der Waals surface area contributed by atoms with Crippen LogP contribution in [-0.4, -0.2) is 58.7 Å². The van der Waals surface area contributed by atoms with Crippen LogP contribution in [-0.2, 0) is 21.0 Å². The van der Waals surface area contributed by atoms with Gasteiger partial charge in [-0.25, -0.2) is 8.42 Å². The number of guanidine groups is 1. The Morgan fingerprint density at radius 3 is 2.72 bits per heavy atom. The van der Waals surface area contributed by atoms with E-state index in [4.69, 9.17) is 4.74 Å². The Hall–Kier alpha value is -1.60. The topological polar surface area (TPSA) is 79.8 Å². The molecule has 1 aromatic rings. The number of hydrogen-bond acceptors (Lipinski definition) is 4. The van der Waals surface area contributed by atoms with Crippen LogP contribution in [0.15, 0.2) is 35.3 Å². The summed E-state index contributed by atoms with van der Waals surface area (Å²) >= 11 is 0. The molecule has 2 rings (SSSR count). The van der Waals surface area contributed by atoms with Crippen LogP contribution in [0.2, 0.25) is 0 Å². The van der Waals surface area contributed by atoms with Crippen LogP contribution in [0.25, 0.3) is 0 Å². The van der Waals surface area contributed by atoms with Crippen molar-refractivity contribution in [3.05, 3.63) is 35.9 Å². The van der Waals surface area contributed by atoms with Gasteiger partial charge in [0.2, 0.25) is 0 Å². The number of ether oxygens (including phenoxy) is 1. The fraction of sp³-hybridized carbons (Fsp3) is 0.611. The molecule has 140 valence electrons. The van der Waals surface area contributed by atoms with E-state index in [0.29, 0.717) is 12.4 Å². The summed E-state index contributed by atoms with van der Waals surface area (Å²) in [5.41, 5.74) is 1.30. The molecule has 1 aromatic carbocycles. The molecular formula is C18H29N3O3S. The Kier molecular flexibility index (Phi) is 8.21. The second-order valence-corrected chi connectivity index (χ2v) is 8.53. The standard InChI is InChI=1S/C18H29N3O3S/c1-19-18(21-17-10-14-25(22,23)15-17)20-11-5-6-12-24-13-9-16-7-3-2-4-8-16/h2-4,7-8,17H,5-6,9-15H2,1H3,(H2,19,20,21). The van der Waals surface area contributed by atoms with Crippen LogP contribution in [0.3, 0.4) is 0 Å². The van der Waals surface area contributed by atoms with Crippen LogP contribution in [0, 0.1) is 0 Å². The quantitative estimate of drug-likeness (QED) is 0.392. The van der Waals surface area contributed by atoms with Crippen LogP contribution in [0.5, 0.6) is 0 Å². The molecule has 0 bridgehead atoms. The lowest BCUT2D eigenvalue weighted by Gasteiger charge is -2.16. The van der Waals surface area contributed by atoms with Crippen LogP contribution < -0.4 is 10.6 Å². The number of nitrogens with zero attached hydrogens (tertiary/aromatic N) is 1. The number of nitrogens with one attached hydrogen (secondary N) is 2. The number of rotatable bonds is 9. The van der Waals surface area contributed by atoms with E-state index in [0.717, 1.165) is 39.0 Å². The molecule has 0 spiro atoms. The average Bonchev–Trinajstić information content (AvgIpc) is 2.95. The Morgan fingerprint density at radius 1 is 1.24 bits per heavy atom. The first-order valence-electron chi connectivity index (χ1n) is 8.88. The highest BCUT2D eigenvalue weighted by Crippen LogP contribution is 2.10. The van der Waals surface area contributed by atoms with Gasteiger partial charge in [0.05, 0.1) is 18.1 Å². The van der Waals surface area contributed by atoms with Crippen molar-refractivity contribution in [2.24, 2.45) is 4.99 Å². The summed E-state index contributed by atoms with van der Waals surface area (Å²) < 4.78 is 28.6.